The number of hydrogen-bond acceptors (Lipinski definition) is 3. The van der Waals surface area contributed by atoms with Gasteiger partial charge in [-0.05, 0) is 41.2 Å². The van der Waals surface area contributed by atoms with Crippen LogP contribution in [0.5, 0.6) is 0 Å². The molecule has 3 nitrogen and oxygen atoms in total. The van der Waals surface area contributed by atoms with Gasteiger partial charge < -0.3 is 13.0 Å². The van der Waals surface area contributed by atoms with Crippen LogP contribution >= 0.6 is 0 Å². The number of nitrogens with zero attached hydrogens (tertiary/aromatic N) is 3. The smallest absolute Gasteiger partial charge is 0.512 e. The molecule has 7 heteroatoms. The molecule has 1 aliphatic rings. The molecule has 1 heterocycles. The monoisotopic (exact) mass is 503 g/mol. The molecule has 0 bridgehead atoms. The Labute approximate surface area is 226 Å². The van der Waals surface area contributed by atoms with Gasteiger partial charge in [0.25, 0.3) is 0 Å². The van der Waals surface area contributed by atoms with E-state index in [-0.39, 0.29) is 29.7 Å². The second-order valence-electron chi connectivity index (χ2n) is 13.5. The van der Waals surface area contributed by atoms with E-state index in [0.717, 1.165) is 13.1 Å². The van der Waals surface area contributed by atoms with Gasteiger partial charge in [0.1, 0.15) is 8.24 Å². The summed E-state index contributed by atoms with van der Waals surface area (Å²) in [4.78, 5) is 0. The third-order valence-electron chi connectivity index (χ3n) is 6.12. The van der Waals surface area contributed by atoms with E-state index in [4.69, 9.17) is 0 Å². The van der Waals surface area contributed by atoms with E-state index in [2.05, 4.69) is 142 Å². The topological polar surface area (TPSA) is 9.72 Å². The maximum atomic E-state index is 3.12. The van der Waals surface area contributed by atoms with Crippen LogP contribution in [0.3, 0.4) is 0 Å². The van der Waals surface area contributed by atoms with Gasteiger partial charge in [0, 0.05) is 20.7 Å². The van der Waals surface area contributed by atoms with E-state index >= 15 is 0 Å². The minimum absolute atomic E-state index is 0. The predicted octanol–water partition coefficient (Wildman–Crippen LogP) is 3.64. The first-order chi connectivity index (χ1) is 15.0. The van der Waals surface area contributed by atoms with Crippen LogP contribution in [0.2, 0.25) is 32.7 Å². The summed E-state index contributed by atoms with van der Waals surface area (Å²) >= 11 is 0. The van der Waals surface area contributed by atoms with Crippen molar-refractivity contribution in [3.8, 4) is 0 Å². The first-order valence-electron chi connectivity index (χ1n) is 12.4. The van der Waals surface area contributed by atoms with Crippen molar-refractivity contribution in [1.82, 2.24) is 3.90 Å². The third kappa shape index (κ3) is 6.51. The predicted molar refractivity (Wildman–Crippen MR) is 155 cm³/mol. The molecule has 0 saturated heterocycles. The molecule has 0 aromatic heterocycles. The Bertz CT molecular complexity index is 903. The van der Waals surface area contributed by atoms with E-state index < -0.39 is 25.8 Å². The van der Waals surface area contributed by atoms with Crippen molar-refractivity contribution in [2.24, 2.45) is 10.8 Å². The van der Waals surface area contributed by atoms with Crippen LogP contribution in [0.25, 0.3) is 0 Å². The van der Waals surface area contributed by atoms with E-state index in [0.29, 0.717) is 0 Å². The minimum Gasteiger partial charge on any atom is -0.512 e. The summed E-state index contributed by atoms with van der Waals surface area (Å²) in [6, 6.07) is 20.6. The molecular formula is C27H46LiN3Si3. The maximum absolute atomic E-state index is 3.12. The summed E-state index contributed by atoms with van der Waals surface area (Å²) in [6.45, 7) is 29.4. The van der Waals surface area contributed by atoms with Crippen LogP contribution in [0.1, 0.15) is 41.5 Å². The van der Waals surface area contributed by atoms with E-state index in [1.807, 2.05) is 0 Å². The zero-order valence-electron chi connectivity index (χ0n) is 24.0. The van der Waals surface area contributed by atoms with E-state index in [1.165, 1.54) is 11.4 Å². The molecule has 0 saturated carbocycles. The number of benzene rings is 2. The standard InChI is InChI=1S/C27H46N3Si3.Li/c1-26(2,3)21-28-24-19-15-16-20-25(24)29(22-27(4,5)6)31(28)30(32(7,8)9)33(10,11)23-17-13-12-14-18-23;/h12-20H,21-22H2,1-11H3;/q-1;+1. The molecule has 1 aliphatic heterocycles. The molecule has 0 N–H and O–H groups in total. The quantitative estimate of drug-likeness (QED) is 0.557. The normalized spacial score (nSPS) is 15.5. The fourth-order valence-corrected chi connectivity index (χ4v) is 22.6. The Morgan fingerprint density at radius 3 is 1.41 bits per heavy atom. The zero-order valence-corrected chi connectivity index (χ0v) is 27.0. The first kappa shape index (κ1) is 29.5. The molecule has 3 rings (SSSR count). The van der Waals surface area contributed by atoms with Crippen LogP contribution in [-0.2, 0) is 0 Å². The van der Waals surface area contributed by atoms with Crippen LogP contribution in [-0.4, -0.2) is 42.7 Å². The molecule has 0 unspecified atom stereocenters. The van der Waals surface area contributed by atoms with Crippen molar-refractivity contribution in [2.75, 3.05) is 22.2 Å². The molecular weight excluding hydrogens is 458 g/mol. The Balaban J connectivity index is 0.00000408. The molecule has 0 atom stereocenters. The maximum Gasteiger partial charge on any atom is 1.00 e. The minimum atomic E-state index is -1.93. The van der Waals surface area contributed by atoms with Crippen molar-refractivity contribution in [1.29, 1.82) is 0 Å². The zero-order chi connectivity index (χ0) is 24.8. The fourth-order valence-electron chi connectivity index (χ4n) is 5.15. The van der Waals surface area contributed by atoms with Crippen LogP contribution < -0.4 is 33.2 Å². The molecule has 0 spiro atoms. The molecule has 182 valence electrons. The van der Waals surface area contributed by atoms with E-state index in [1.54, 1.807) is 5.19 Å². The van der Waals surface area contributed by atoms with Gasteiger partial charge in [0.2, 0.25) is 0 Å². The molecule has 0 radical (unpaired) electrons. The average molecular weight is 504 g/mol. The summed E-state index contributed by atoms with van der Waals surface area (Å²) in [6.07, 6.45) is 0. The van der Waals surface area contributed by atoms with Crippen molar-refractivity contribution in [3.63, 3.8) is 0 Å². The van der Waals surface area contributed by atoms with Gasteiger partial charge in [-0.2, -0.15) is 0 Å². The van der Waals surface area contributed by atoms with Crippen molar-refractivity contribution < 1.29 is 18.9 Å². The SMILES string of the molecule is CC(C)(C)CN1c2ccccc2N(CC(C)(C)C)[Si-]1N([Si](C)(C)C)[Si](C)(C)c1ccccc1.[Li+]. The fraction of sp³-hybridized carbons (Fsp3) is 0.556. The molecule has 2 aromatic rings. The van der Waals surface area contributed by atoms with Crippen molar-refractivity contribution in [3.05, 3.63) is 54.6 Å². The summed E-state index contributed by atoms with van der Waals surface area (Å²) < 4.78 is 8.79. The number of fused-ring (bicyclic) bond motifs is 1. The second kappa shape index (κ2) is 10.3. The van der Waals surface area contributed by atoms with Gasteiger partial charge in [-0.3, -0.25) is 0 Å². The Morgan fingerprint density at radius 1 is 0.676 bits per heavy atom. The summed E-state index contributed by atoms with van der Waals surface area (Å²) in [7, 11) is -4.80. The van der Waals surface area contributed by atoms with Gasteiger partial charge in [-0.1, -0.05) is 117 Å². The van der Waals surface area contributed by atoms with E-state index in [9.17, 15) is 0 Å². The Morgan fingerprint density at radius 2 is 1.06 bits per heavy atom. The summed E-state index contributed by atoms with van der Waals surface area (Å²) in [5.74, 6) is 0. The summed E-state index contributed by atoms with van der Waals surface area (Å²) in [5.41, 5.74) is 3.33. The van der Waals surface area contributed by atoms with Crippen molar-refractivity contribution >= 4 is 42.3 Å². The summed E-state index contributed by atoms with van der Waals surface area (Å²) in [5, 5.41) is 1.55. The number of para-hydroxylation sites is 2. The van der Waals surface area contributed by atoms with Gasteiger partial charge >= 0.3 is 18.9 Å². The van der Waals surface area contributed by atoms with Gasteiger partial charge in [-0.25, -0.2) is 0 Å². The molecule has 2 aromatic carbocycles. The average Bonchev–Trinajstić information content (AvgIpc) is 2.92. The largest absolute Gasteiger partial charge is 1.00 e. The van der Waals surface area contributed by atoms with Crippen molar-refractivity contribution in [2.45, 2.75) is 74.3 Å². The molecule has 0 amide bonds. The Kier molecular flexibility index (Phi) is 8.94. The Hall–Kier alpha value is -0.752. The van der Waals surface area contributed by atoms with Gasteiger partial charge in [-0.15, -0.1) is 0 Å². The first-order valence-corrected chi connectivity index (χ1v) is 20.1. The van der Waals surface area contributed by atoms with Crippen LogP contribution in [0.15, 0.2) is 54.6 Å². The number of anilines is 2. The van der Waals surface area contributed by atoms with Crippen LogP contribution in [0.4, 0.5) is 11.4 Å². The number of hydrogen-bond donors (Lipinski definition) is 0. The third-order valence-corrected chi connectivity index (χ3v) is 21.1. The second-order valence-corrected chi connectivity index (χ2v) is 25.9. The van der Waals surface area contributed by atoms with Gasteiger partial charge in [0.05, 0.1) is 8.24 Å². The number of rotatable bonds is 6. The molecule has 0 aliphatic carbocycles. The van der Waals surface area contributed by atoms with Crippen LogP contribution in [0, 0.1) is 10.8 Å². The molecule has 34 heavy (non-hydrogen) atoms. The van der Waals surface area contributed by atoms with Gasteiger partial charge in [0.15, 0.2) is 0 Å². The molecule has 0 fully saturated rings.